The standard InChI is InChI=1S/C15H15FN2O3/c1-20-12-7-6-10(8-11(12)15(19)21-2)9-17-14-5-3-4-13(16)18-14/h3-8H,9H2,1-2H3,(H,17,18). The van der Waals surface area contributed by atoms with E-state index in [2.05, 4.69) is 10.3 Å². The second-order valence-corrected chi connectivity index (χ2v) is 4.23. The lowest BCUT2D eigenvalue weighted by atomic mass is 10.1. The zero-order valence-corrected chi connectivity index (χ0v) is 11.7. The second-order valence-electron chi connectivity index (χ2n) is 4.23. The Bertz CT molecular complexity index is 647. The van der Waals surface area contributed by atoms with E-state index < -0.39 is 11.9 Å². The van der Waals surface area contributed by atoms with Crippen LogP contribution < -0.4 is 10.1 Å². The molecular formula is C15H15FN2O3. The zero-order chi connectivity index (χ0) is 15.2. The average Bonchev–Trinajstić information content (AvgIpc) is 2.52. The fourth-order valence-electron chi connectivity index (χ4n) is 1.83. The van der Waals surface area contributed by atoms with E-state index in [0.29, 0.717) is 23.7 Å². The smallest absolute Gasteiger partial charge is 0.341 e. The fourth-order valence-corrected chi connectivity index (χ4v) is 1.83. The molecule has 0 bridgehead atoms. The Kier molecular flexibility index (Phi) is 4.71. The van der Waals surface area contributed by atoms with Crippen LogP contribution in [0.4, 0.5) is 10.2 Å². The minimum absolute atomic E-state index is 0.339. The summed E-state index contributed by atoms with van der Waals surface area (Å²) >= 11 is 0. The van der Waals surface area contributed by atoms with Crippen LogP contribution in [0, 0.1) is 5.95 Å². The topological polar surface area (TPSA) is 60.5 Å². The predicted molar refractivity (Wildman–Crippen MR) is 75.9 cm³/mol. The van der Waals surface area contributed by atoms with Gasteiger partial charge < -0.3 is 14.8 Å². The van der Waals surface area contributed by atoms with Gasteiger partial charge in [0.1, 0.15) is 17.1 Å². The molecule has 2 aromatic rings. The number of hydrogen-bond acceptors (Lipinski definition) is 5. The number of aromatic nitrogens is 1. The number of carbonyl (C=O) groups is 1. The Morgan fingerprint density at radius 3 is 2.76 bits per heavy atom. The summed E-state index contributed by atoms with van der Waals surface area (Å²) in [6.45, 7) is 0.393. The van der Waals surface area contributed by atoms with Crippen LogP contribution in [0.25, 0.3) is 0 Å². The highest BCUT2D eigenvalue weighted by Crippen LogP contribution is 2.21. The number of rotatable bonds is 5. The van der Waals surface area contributed by atoms with Gasteiger partial charge in [0.25, 0.3) is 0 Å². The van der Waals surface area contributed by atoms with Crippen molar-refractivity contribution < 1.29 is 18.7 Å². The summed E-state index contributed by atoms with van der Waals surface area (Å²) in [5.74, 6) is -0.164. The van der Waals surface area contributed by atoms with E-state index in [9.17, 15) is 9.18 Å². The van der Waals surface area contributed by atoms with Crippen LogP contribution in [-0.2, 0) is 11.3 Å². The quantitative estimate of drug-likeness (QED) is 0.677. The normalized spacial score (nSPS) is 10.0. The molecule has 0 aliphatic heterocycles. The Morgan fingerprint density at radius 2 is 2.10 bits per heavy atom. The molecular weight excluding hydrogens is 275 g/mol. The zero-order valence-electron chi connectivity index (χ0n) is 11.7. The van der Waals surface area contributed by atoms with Gasteiger partial charge in [-0.15, -0.1) is 0 Å². The van der Waals surface area contributed by atoms with Crippen LogP contribution in [0.5, 0.6) is 5.75 Å². The number of nitrogens with one attached hydrogen (secondary N) is 1. The fraction of sp³-hybridized carbons (Fsp3) is 0.200. The van der Waals surface area contributed by atoms with E-state index in [1.807, 2.05) is 0 Å². The molecule has 0 fully saturated rings. The summed E-state index contributed by atoms with van der Waals surface area (Å²) in [5, 5.41) is 2.98. The number of benzene rings is 1. The first kappa shape index (κ1) is 14.8. The maximum Gasteiger partial charge on any atom is 0.341 e. The molecule has 1 aromatic heterocycles. The molecule has 0 atom stereocenters. The molecule has 2 rings (SSSR count). The first-order valence-corrected chi connectivity index (χ1v) is 6.25. The van der Waals surface area contributed by atoms with Crippen molar-refractivity contribution in [3.8, 4) is 5.75 Å². The van der Waals surface area contributed by atoms with Gasteiger partial charge in [0.15, 0.2) is 0 Å². The molecule has 0 amide bonds. The van der Waals surface area contributed by atoms with Crippen LogP contribution in [0.1, 0.15) is 15.9 Å². The van der Waals surface area contributed by atoms with Crippen LogP contribution >= 0.6 is 0 Å². The second kappa shape index (κ2) is 6.69. The van der Waals surface area contributed by atoms with E-state index in [1.165, 1.54) is 20.3 Å². The molecule has 1 N–H and O–H groups in total. The number of ether oxygens (including phenoxy) is 2. The van der Waals surface area contributed by atoms with E-state index in [-0.39, 0.29) is 0 Å². The van der Waals surface area contributed by atoms with Gasteiger partial charge >= 0.3 is 5.97 Å². The van der Waals surface area contributed by atoms with Crippen LogP contribution in [0.15, 0.2) is 36.4 Å². The highest BCUT2D eigenvalue weighted by molar-refractivity contribution is 5.92. The van der Waals surface area contributed by atoms with Gasteiger partial charge in [-0.05, 0) is 29.8 Å². The number of carbonyl (C=O) groups excluding carboxylic acids is 1. The van der Waals surface area contributed by atoms with Crippen molar-refractivity contribution in [1.82, 2.24) is 4.98 Å². The van der Waals surface area contributed by atoms with Gasteiger partial charge in [-0.1, -0.05) is 12.1 Å². The minimum Gasteiger partial charge on any atom is -0.496 e. The van der Waals surface area contributed by atoms with Crippen molar-refractivity contribution in [2.75, 3.05) is 19.5 Å². The molecule has 5 nitrogen and oxygen atoms in total. The first-order chi connectivity index (χ1) is 10.1. The predicted octanol–water partition coefficient (Wildman–Crippen LogP) is 2.63. The molecule has 0 saturated carbocycles. The largest absolute Gasteiger partial charge is 0.496 e. The molecule has 0 saturated heterocycles. The van der Waals surface area contributed by atoms with E-state index in [0.717, 1.165) is 5.56 Å². The van der Waals surface area contributed by atoms with Crippen molar-refractivity contribution in [2.24, 2.45) is 0 Å². The van der Waals surface area contributed by atoms with Gasteiger partial charge in [-0.2, -0.15) is 4.39 Å². The molecule has 0 unspecified atom stereocenters. The highest BCUT2D eigenvalue weighted by Gasteiger charge is 2.13. The Balaban J connectivity index is 2.15. The van der Waals surface area contributed by atoms with Gasteiger partial charge in [0, 0.05) is 6.54 Å². The minimum atomic E-state index is -0.551. The monoisotopic (exact) mass is 290 g/mol. The molecule has 0 aliphatic carbocycles. The average molecular weight is 290 g/mol. The number of pyridine rings is 1. The SMILES string of the molecule is COC(=O)c1cc(CNc2cccc(F)n2)ccc1OC. The maximum atomic E-state index is 13.0. The maximum absolute atomic E-state index is 13.0. The molecule has 0 radical (unpaired) electrons. The Morgan fingerprint density at radius 1 is 1.29 bits per heavy atom. The van der Waals surface area contributed by atoms with E-state index in [1.54, 1.807) is 30.3 Å². The molecule has 21 heavy (non-hydrogen) atoms. The Labute approximate surface area is 121 Å². The summed E-state index contributed by atoms with van der Waals surface area (Å²) in [5.41, 5.74) is 1.16. The van der Waals surface area contributed by atoms with Gasteiger partial charge in [0.2, 0.25) is 5.95 Å². The third-order valence-electron chi connectivity index (χ3n) is 2.86. The number of halogens is 1. The molecule has 1 heterocycles. The lowest BCUT2D eigenvalue weighted by Crippen LogP contribution is -2.07. The number of anilines is 1. The van der Waals surface area contributed by atoms with E-state index in [4.69, 9.17) is 9.47 Å². The van der Waals surface area contributed by atoms with E-state index >= 15 is 0 Å². The molecule has 6 heteroatoms. The summed E-state index contributed by atoms with van der Waals surface area (Å²) in [6, 6.07) is 9.65. The van der Waals surface area contributed by atoms with Crippen molar-refractivity contribution in [2.45, 2.75) is 6.54 Å². The summed E-state index contributed by atoms with van der Waals surface area (Å²) in [6.07, 6.45) is 0. The molecule has 0 spiro atoms. The third-order valence-corrected chi connectivity index (χ3v) is 2.86. The van der Waals surface area contributed by atoms with Crippen molar-refractivity contribution in [3.05, 3.63) is 53.5 Å². The number of esters is 1. The van der Waals surface area contributed by atoms with Crippen molar-refractivity contribution >= 4 is 11.8 Å². The van der Waals surface area contributed by atoms with Crippen LogP contribution in [0.2, 0.25) is 0 Å². The molecule has 0 aliphatic rings. The van der Waals surface area contributed by atoms with Gasteiger partial charge in [-0.25, -0.2) is 9.78 Å². The van der Waals surface area contributed by atoms with Gasteiger partial charge in [0.05, 0.1) is 14.2 Å². The van der Waals surface area contributed by atoms with Gasteiger partial charge in [-0.3, -0.25) is 0 Å². The molecule has 1 aromatic carbocycles. The number of methoxy groups -OCH3 is 2. The lowest BCUT2D eigenvalue weighted by molar-refractivity contribution is 0.0597. The third kappa shape index (κ3) is 3.68. The lowest BCUT2D eigenvalue weighted by Gasteiger charge is -2.10. The summed E-state index contributed by atoms with van der Waals surface area (Å²) in [7, 11) is 2.79. The Hall–Kier alpha value is -2.63. The molecule has 110 valence electrons. The highest BCUT2D eigenvalue weighted by atomic mass is 19.1. The van der Waals surface area contributed by atoms with Crippen molar-refractivity contribution in [3.63, 3.8) is 0 Å². The van der Waals surface area contributed by atoms with Crippen molar-refractivity contribution in [1.29, 1.82) is 0 Å². The summed E-state index contributed by atoms with van der Waals surface area (Å²) in [4.78, 5) is 15.4. The van der Waals surface area contributed by atoms with Crippen LogP contribution in [0.3, 0.4) is 0 Å². The number of nitrogens with zero attached hydrogens (tertiary/aromatic N) is 1. The first-order valence-electron chi connectivity index (χ1n) is 6.25. The van der Waals surface area contributed by atoms with Crippen LogP contribution in [-0.4, -0.2) is 25.2 Å². The number of hydrogen-bond donors (Lipinski definition) is 1. The summed E-state index contributed by atoms with van der Waals surface area (Å²) < 4.78 is 22.8.